The molecular weight excluding hydrogens is 390 g/mol. The minimum atomic E-state index is -0.753. The number of carbonyl (C=O) groups is 1. The molecule has 2 rings (SSSR count). The zero-order valence-electron chi connectivity index (χ0n) is 13.0. The zero-order chi connectivity index (χ0) is 18.6. The van der Waals surface area contributed by atoms with Crippen LogP contribution in [0.3, 0.4) is 0 Å². The van der Waals surface area contributed by atoms with Crippen LogP contribution in [0.2, 0.25) is 0 Å². The summed E-state index contributed by atoms with van der Waals surface area (Å²) in [5.41, 5.74) is 0.864. The summed E-state index contributed by atoms with van der Waals surface area (Å²) in [6.45, 7) is 1.81. The van der Waals surface area contributed by atoms with Gasteiger partial charge >= 0.3 is 5.69 Å². The van der Waals surface area contributed by atoms with Crippen LogP contribution in [-0.4, -0.2) is 15.9 Å². The highest BCUT2D eigenvalue weighted by Crippen LogP contribution is 2.35. The van der Waals surface area contributed by atoms with E-state index in [1.54, 1.807) is 18.2 Å². The number of phenols is 1. The molecule has 0 aliphatic rings. The first kappa shape index (κ1) is 18.2. The molecule has 0 heterocycles. The van der Waals surface area contributed by atoms with Gasteiger partial charge in [-0.2, -0.15) is 5.26 Å². The molecule has 25 heavy (non-hydrogen) atoms. The third-order valence-corrected chi connectivity index (χ3v) is 3.94. The predicted octanol–water partition coefficient (Wildman–Crippen LogP) is 3.92. The maximum atomic E-state index is 12.3. The Morgan fingerprint density at radius 3 is 2.68 bits per heavy atom. The van der Waals surface area contributed by atoms with Crippen LogP contribution < -0.4 is 5.32 Å². The van der Waals surface area contributed by atoms with Crippen molar-refractivity contribution >= 4 is 39.3 Å². The number of phenolic OH excluding ortho intramolecular Hbond substituents is 1. The Bertz CT molecular complexity index is 932. The number of nitrogens with one attached hydrogen (secondary N) is 1. The second-order valence-corrected chi connectivity index (χ2v) is 5.92. The van der Waals surface area contributed by atoms with Crippen LogP contribution >= 0.6 is 15.9 Å². The molecule has 2 aromatic rings. The van der Waals surface area contributed by atoms with Crippen LogP contribution in [0.25, 0.3) is 6.08 Å². The van der Waals surface area contributed by atoms with Gasteiger partial charge in [0.05, 0.1) is 9.40 Å². The van der Waals surface area contributed by atoms with Crippen molar-refractivity contribution in [2.75, 3.05) is 5.32 Å². The molecule has 0 bridgehead atoms. The lowest BCUT2D eigenvalue weighted by Crippen LogP contribution is -2.14. The van der Waals surface area contributed by atoms with Crippen molar-refractivity contribution in [3.05, 3.63) is 67.7 Å². The molecule has 2 N–H and O–H groups in total. The maximum absolute atomic E-state index is 12.3. The molecule has 2 aromatic carbocycles. The molecule has 7 nitrogen and oxygen atoms in total. The smallest absolute Gasteiger partial charge is 0.312 e. The summed E-state index contributed by atoms with van der Waals surface area (Å²) >= 11 is 3.01. The van der Waals surface area contributed by atoms with Crippen molar-refractivity contribution in [3.8, 4) is 11.8 Å². The van der Waals surface area contributed by atoms with Crippen molar-refractivity contribution in [3.63, 3.8) is 0 Å². The first-order chi connectivity index (χ1) is 11.8. The van der Waals surface area contributed by atoms with Gasteiger partial charge in [0.2, 0.25) is 5.75 Å². The van der Waals surface area contributed by atoms with E-state index in [9.17, 15) is 25.3 Å². The van der Waals surface area contributed by atoms with Crippen molar-refractivity contribution in [1.29, 1.82) is 5.26 Å². The summed E-state index contributed by atoms with van der Waals surface area (Å²) in [4.78, 5) is 22.5. The number of amides is 1. The van der Waals surface area contributed by atoms with Gasteiger partial charge in [0.25, 0.3) is 5.91 Å². The molecule has 0 aliphatic carbocycles. The normalized spacial score (nSPS) is 10.8. The largest absolute Gasteiger partial charge is 0.501 e. The third kappa shape index (κ3) is 4.22. The first-order valence-corrected chi connectivity index (χ1v) is 7.78. The second-order valence-electron chi connectivity index (χ2n) is 5.07. The van der Waals surface area contributed by atoms with Crippen LogP contribution in [0.15, 0.2) is 46.4 Å². The Labute approximate surface area is 151 Å². The van der Waals surface area contributed by atoms with E-state index in [1.807, 2.05) is 19.1 Å². The number of anilines is 1. The lowest BCUT2D eigenvalue weighted by Gasteiger charge is -2.07. The number of halogens is 1. The van der Waals surface area contributed by atoms with Gasteiger partial charge in [-0.25, -0.2) is 0 Å². The van der Waals surface area contributed by atoms with Crippen LogP contribution in [0.1, 0.15) is 11.1 Å². The van der Waals surface area contributed by atoms with Gasteiger partial charge in [0, 0.05) is 11.8 Å². The highest BCUT2D eigenvalue weighted by molar-refractivity contribution is 9.10. The minimum Gasteiger partial charge on any atom is -0.501 e. The predicted molar refractivity (Wildman–Crippen MR) is 95.9 cm³/mol. The molecule has 0 saturated heterocycles. The van der Waals surface area contributed by atoms with Crippen LogP contribution in [-0.2, 0) is 4.79 Å². The Morgan fingerprint density at radius 2 is 2.08 bits per heavy atom. The van der Waals surface area contributed by atoms with Gasteiger partial charge < -0.3 is 10.4 Å². The lowest BCUT2D eigenvalue weighted by atomic mass is 10.1. The summed E-state index contributed by atoms with van der Waals surface area (Å²) in [5.74, 6) is -1.16. The van der Waals surface area contributed by atoms with Crippen molar-refractivity contribution in [2.45, 2.75) is 6.92 Å². The quantitative estimate of drug-likeness (QED) is 0.348. The molecule has 8 heteroatoms. The average Bonchev–Trinajstić information content (AvgIpc) is 2.57. The third-order valence-electron chi connectivity index (χ3n) is 3.33. The molecule has 0 aromatic heterocycles. The number of hydrogen-bond acceptors (Lipinski definition) is 5. The highest BCUT2D eigenvalue weighted by Gasteiger charge is 2.18. The van der Waals surface area contributed by atoms with Crippen LogP contribution in [0, 0.1) is 28.4 Å². The van der Waals surface area contributed by atoms with E-state index >= 15 is 0 Å². The van der Waals surface area contributed by atoms with E-state index < -0.39 is 22.3 Å². The first-order valence-electron chi connectivity index (χ1n) is 6.99. The molecular formula is C17H12BrN3O4. The Morgan fingerprint density at radius 1 is 1.40 bits per heavy atom. The van der Waals surface area contributed by atoms with Crippen molar-refractivity contribution < 1.29 is 14.8 Å². The van der Waals surface area contributed by atoms with E-state index in [2.05, 4.69) is 21.2 Å². The Hall–Kier alpha value is -3.18. The van der Waals surface area contributed by atoms with Crippen LogP contribution in [0.5, 0.6) is 5.75 Å². The number of carbonyl (C=O) groups excluding carboxylic acids is 1. The van der Waals surface area contributed by atoms with Gasteiger partial charge in [0.1, 0.15) is 11.6 Å². The number of aromatic hydroxyl groups is 1. The molecule has 0 saturated carbocycles. The minimum absolute atomic E-state index is 0.0875. The van der Waals surface area contributed by atoms with Crippen molar-refractivity contribution in [1.82, 2.24) is 0 Å². The van der Waals surface area contributed by atoms with Gasteiger partial charge in [-0.05, 0) is 52.2 Å². The number of para-hydroxylation sites is 1. The molecule has 1 amide bonds. The summed E-state index contributed by atoms with van der Waals surface area (Å²) in [6.07, 6.45) is 1.21. The molecule has 0 aliphatic heterocycles. The second kappa shape index (κ2) is 7.59. The fourth-order valence-corrected chi connectivity index (χ4v) is 2.51. The number of nitrogens with zero attached hydrogens (tertiary/aromatic N) is 2. The molecule has 0 unspecified atom stereocenters. The monoisotopic (exact) mass is 401 g/mol. The number of hydrogen-bond donors (Lipinski definition) is 2. The summed E-state index contributed by atoms with van der Waals surface area (Å²) < 4.78 is 0.0875. The number of benzene rings is 2. The number of nitro benzene ring substituents is 1. The van der Waals surface area contributed by atoms with E-state index in [0.717, 1.165) is 11.6 Å². The van der Waals surface area contributed by atoms with E-state index in [-0.39, 0.29) is 15.6 Å². The summed E-state index contributed by atoms with van der Waals surface area (Å²) in [6, 6.07) is 11.3. The summed E-state index contributed by atoms with van der Waals surface area (Å²) in [5, 5.41) is 32.5. The van der Waals surface area contributed by atoms with Gasteiger partial charge in [-0.1, -0.05) is 18.2 Å². The molecule has 0 fully saturated rings. The topological polar surface area (TPSA) is 116 Å². The zero-order valence-corrected chi connectivity index (χ0v) is 14.6. The SMILES string of the molecule is Cc1ccccc1NC(=O)C(C#N)=Cc1cc(Br)c(O)c([N+](=O)[O-])c1. The van der Waals surface area contributed by atoms with Crippen LogP contribution in [0.4, 0.5) is 11.4 Å². The number of nitriles is 1. The maximum Gasteiger partial charge on any atom is 0.312 e. The van der Waals surface area contributed by atoms with Crippen molar-refractivity contribution in [2.24, 2.45) is 0 Å². The van der Waals surface area contributed by atoms with E-state index in [0.29, 0.717) is 5.69 Å². The van der Waals surface area contributed by atoms with Gasteiger partial charge in [0.15, 0.2) is 0 Å². The Kier molecular flexibility index (Phi) is 5.52. The summed E-state index contributed by atoms with van der Waals surface area (Å²) in [7, 11) is 0. The number of rotatable bonds is 4. The standard InChI is InChI=1S/C17H12BrN3O4/c1-10-4-2-3-5-14(10)20-17(23)12(9-19)6-11-7-13(18)16(22)15(8-11)21(24)25/h2-8,22H,1H3,(H,20,23). The average molecular weight is 402 g/mol. The highest BCUT2D eigenvalue weighted by atomic mass is 79.9. The lowest BCUT2D eigenvalue weighted by molar-refractivity contribution is -0.386. The molecule has 0 spiro atoms. The molecule has 126 valence electrons. The fraction of sp³-hybridized carbons (Fsp3) is 0.0588. The van der Waals surface area contributed by atoms with Gasteiger partial charge in [-0.3, -0.25) is 14.9 Å². The van der Waals surface area contributed by atoms with E-state index in [4.69, 9.17) is 0 Å². The van der Waals surface area contributed by atoms with E-state index in [1.165, 1.54) is 12.1 Å². The molecule has 0 atom stereocenters. The Balaban J connectivity index is 2.38. The number of aryl methyl sites for hydroxylation is 1. The number of nitro groups is 1. The molecule has 0 radical (unpaired) electrons. The van der Waals surface area contributed by atoms with Gasteiger partial charge in [-0.15, -0.1) is 0 Å². The fourth-order valence-electron chi connectivity index (χ4n) is 2.05.